The smallest absolute Gasteiger partial charge is 0.319 e. The van der Waals surface area contributed by atoms with Gasteiger partial charge >= 0.3 is 5.97 Å². The van der Waals surface area contributed by atoms with Crippen molar-refractivity contribution < 1.29 is 9.53 Å². The summed E-state index contributed by atoms with van der Waals surface area (Å²) in [6.45, 7) is 3.85. The lowest BCUT2D eigenvalue weighted by atomic mass is 10.2. The average Bonchev–Trinajstić information content (AvgIpc) is 3.04. The number of nitrogens with zero attached hydrogens (tertiary/aromatic N) is 5. The van der Waals surface area contributed by atoms with E-state index >= 15 is 0 Å². The highest BCUT2D eigenvalue weighted by Gasteiger charge is 2.17. The number of benzene rings is 1. The minimum absolute atomic E-state index is 0.150. The minimum atomic E-state index is -0.299. The van der Waals surface area contributed by atoms with E-state index < -0.39 is 0 Å². The molecule has 0 saturated heterocycles. The number of carbonyl (C=O) groups excluding carboxylic acids is 1. The van der Waals surface area contributed by atoms with Gasteiger partial charge in [-0.2, -0.15) is 5.10 Å². The second kappa shape index (κ2) is 9.38. The Labute approximate surface area is 169 Å². The van der Waals surface area contributed by atoms with E-state index in [0.717, 1.165) is 17.0 Å². The zero-order valence-corrected chi connectivity index (χ0v) is 16.8. The zero-order chi connectivity index (χ0) is 19.9. The second-order valence-corrected chi connectivity index (χ2v) is 6.64. The van der Waals surface area contributed by atoms with Crippen LogP contribution in [0.15, 0.2) is 54.9 Å². The number of aromatic nitrogens is 4. The van der Waals surface area contributed by atoms with Crippen molar-refractivity contribution in [2.45, 2.75) is 26.7 Å². The summed E-state index contributed by atoms with van der Waals surface area (Å²) in [5.74, 6) is 0.486. The van der Waals surface area contributed by atoms with Crippen LogP contribution in [0.3, 0.4) is 0 Å². The van der Waals surface area contributed by atoms with Gasteiger partial charge in [0.15, 0.2) is 10.6 Å². The summed E-state index contributed by atoms with van der Waals surface area (Å²) in [4.78, 5) is 17.9. The Morgan fingerprint density at radius 2 is 1.89 bits per heavy atom. The lowest BCUT2D eigenvalue weighted by Gasteiger charge is -2.20. The van der Waals surface area contributed by atoms with E-state index in [4.69, 9.17) is 22.1 Å². The Hall–Kier alpha value is -2.84. The molecule has 0 atom stereocenters. The molecule has 0 saturated carbocycles. The molecule has 0 N–H and O–H groups in total. The molecule has 0 fully saturated rings. The van der Waals surface area contributed by atoms with E-state index in [2.05, 4.69) is 4.98 Å². The zero-order valence-electron chi connectivity index (χ0n) is 16.0. The monoisotopic (exact) mass is 397 g/mol. The Bertz CT molecular complexity index is 969. The van der Waals surface area contributed by atoms with Crippen LogP contribution in [0.5, 0.6) is 0 Å². The second-order valence-electron chi connectivity index (χ2n) is 6.28. The fraction of sp³-hybridized carbons (Fsp3) is 0.300. The van der Waals surface area contributed by atoms with Gasteiger partial charge < -0.3 is 9.30 Å². The minimum Gasteiger partial charge on any atom is -0.468 e. The molecule has 0 aliphatic heterocycles. The summed E-state index contributed by atoms with van der Waals surface area (Å²) in [5, 5.41) is 4.72. The van der Waals surface area contributed by atoms with Gasteiger partial charge in [-0.05, 0) is 36.8 Å². The van der Waals surface area contributed by atoms with Gasteiger partial charge in [0.1, 0.15) is 0 Å². The summed E-state index contributed by atoms with van der Waals surface area (Å²) >= 11 is 5.64. The van der Waals surface area contributed by atoms with E-state index in [1.807, 2.05) is 58.9 Å². The molecule has 0 amide bonds. The molecule has 3 rings (SSSR count). The van der Waals surface area contributed by atoms with Crippen LogP contribution in [0.2, 0.25) is 0 Å². The first-order valence-electron chi connectivity index (χ1n) is 9.03. The van der Waals surface area contributed by atoms with Crippen molar-refractivity contribution >= 4 is 18.2 Å². The molecule has 8 heteroatoms. The van der Waals surface area contributed by atoms with Crippen molar-refractivity contribution in [3.05, 3.63) is 65.2 Å². The molecule has 146 valence electrons. The van der Waals surface area contributed by atoms with Crippen molar-refractivity contribution in [1.29, 1.82) is 0 Å². The van der Waals surface area contributed by atoms with E-state index in [0.29, 0.717) is 24.5 Å². The van der Waals surface area contributed by atoms with Crippen LogP contribution in [-0.2, 0) is 29.3 Å². The van der Waals surface area contributed by atoms with E-state index in [1.54, 1.807) is 17.1 Å². The van der Waals surface area contributed by atoms with E-state index in [9.17, 15) is 4.79 Å². The third kappa shape index (κ3) is 4.71. The highest BCUT2D eigenvalue weighted by Crippen LogP contribution is 2.18. The number of esters is 1. The van der Waals surface area contributed by atoms with Crippen molar-refractivity contribution in [2.75, 3.05) is 13.7 Å². The molecule has 2 heterocycles. The van der Waals surface area contributed by atoms with Gasteiger partial charge in [0.2, 0.25) is 0 Å². The standard InChI is InChI=1S/C20H23N5O2S/c1-3-24-19(17-9-11-21-12-10-17)22-25(20(24)28)15-23(14-18(26)27-2)13-16-7-5-4-6-8-16/h4-12H,3,13-15H2,1-2H3. The number of carbonyl (C=O) groups is 1. The first-order valence-corrected chi connectivity index (χ1v) is 9.44. The van der Waals surface area contributed by atoms with E-state index in [1.165, 1.54) is 7.11 Å². The highest BCUT2D eigenvalue weighted by atomic mass is 32.1. The number of hydrogen-bond acceptors (Lipinski definition) is 6. The Morgan fingerprint density at radius 3 is 2.54 bits per heavy atom. The molecule has 0 aliphatic carbocycles. The molecular formula is C20H23N5O2S. The van der Waals surface area contributed by atoms with Gasteiger partial charge in [-0.3, -0.25) is 14.7 Å². The fourth-order valence-corrected chi connectivity index (χ4v) is 3.28. The first kappa shape index (κ1) is 19.9. The van der Waals surface area contributed by atoms with Gasteiger partial charge in [0.05, 0.1) is 20.3 Å². The highest BCUT2D eigenvalue weighted by molar-refractivity contribution is 7.71. The van der Waals surface area contributed by atoms with Crippen LogP contribution < -0.4 is 0 Å². The summed E-state index contributed by atoms with van der Waals surface area (Å²) < 4.78 is 9.19. The molecule has 0 aliphatic rings. The maximum absolute atomic E-state index is 11.9. The molecule has 7 nitrogen and oxygen atoms in total. The molecule has 3 aromatic rings. The lowest BCUT2D eigenvalue weighted by Crippen LogP contribution is -2.32. The summed E-state index contributed by atoms with van der Waals surface area (Å²) in [5.41, 5.74) is 2.05. The third-order valence-electron chi connectivity index (χ3n) is 4.34. The van der Waals surface area contributed by atoms with Gasteiger partial charge in [0.25, 0.3) is 0 Å². The van der Waals surface area contributed by atoms with Crippen LogP contribution in [0.25, 0.3) is 11.4 Å². The van der Waals surface area contributed by atoms with Gasteiger partial charge in [-0.1, -0.05) is 30.3 Å². The van der Waals surface area contributed by atoms with Crippen molar-refractivity contribution in [2.24, 2.45) is 0 Å². The molecule has 28 heavy (non-hydrogen) atoms. The quantitative estimate of drug-likeness (QED) is 0.430. The number of rotatable bonds is 8. The Balaban J connectivity index is 1.90. The topological polar surface area (TPSA) is 65.2 Å². The molecule has 1 aromatic carbocycles. The normalized spacial score (nSPS) is 11.0. The number of methoxy groups -OCH3 is 1. The van der Waals surface area contributed by atoms with Crippen molar-refractivity contribution in [3.8, 4) is 11.4 Å². The number of pyridine rings is 1. The fourth-order valence-electron chi connectivity index (χ4n) is 2.97. The van der Waals surface area contributed by atoms with Gasteiger partial charge in [-0.15, -0.1) is 0 Å². The van der Waals surface area contributed by atoms with Crippen molar-refractivity contribution in [1.82, 2.24) is 24.2 Å². The largest absolute Gasteiger partial charge is 0.468 e. The molecule has 2 aromatic heterocycles. The third-order valence-corrected chi connectivity index (χ3v) is 4.77. The molecule has 0 radical (unpaired) electrons. The Kier molecular flexibility index (Phi) is 6.67. The van der Waals surface area contributed by atoms with Crippen LogP contribution in [0.4, 0.5) is 0 Å². The molecular weight excluding hydrogens is 374 g/mol. The molecule has 0 unspecified atom stereocenters. The predicted octanol–water partition coefficient (Wildman–Crippen LogP) is 3.13. The first-order chi connectivity index (χ1) is 13.6. The van der Waals surface area contributed by atoms with Crippen LogP contribution >= 0.6 is 12.2 Å². The maximum Gasteiger partial charge on any atom is 0.319 e. The van der Waals surface area contributed by atoms with Gasteiger partial charge in [0, 0.05) is 31.0 Å². The SMILES string of the molecule is CCn1c(-c2ccncc2)nn(CN(CC(=O)OC)Cc2ccccc2)c1=S. The summed E-state index contributed by atoms with van der Waals surface area (Å²) in [7, 11) is 1.39. The van der Waals surface area contributed by atoms with E-state index in [-0.39, 0.29) is 12.5 Å². The predicted molar refractivity (Wildman–Crippen MR) is 109 cm³/mol. The van der Waals surface area contributed by atoms with Crippen molar-refractivity contribution in [3.63, 3.8) is 0 Å². The molecule has 0 spiro atoms. The van der Waals surface area contributed by atoms with Crippen LogP contribution in [-0.4, -0.2) is 43.9 Å². The average molecular weight is 398 g/mol. The molecule has 0 bridgehead atoms. The number of hydrogen-bond donors (Lipinski definition) is 0. The Morgan fingerprint density at radius 1 is 1.18 bits per heavy atom. The summed E-state index contributed by atoms with van der Waals surface area (Å²) in [6.07, 6.45) is 3.47. The van der Waals surface area contributed by atoms with Crippen LogP contribution in [0, 0.1) is 4.77 Å². The summed E-state index contributed by atoms with van der Waals surface area (Å²) in [6, 6.07) is 13.8. The maximum atomic E-state index is 11.9. The lowest BCUT2D eigenvalue weighted by molar-refractivity contribution is -0.142. The number of ether oxygens (including phenoxy) is 1. The van der Waals surface area contributed by atoms with Gasteiger partial charge in [-0.25, -0.2) is 4.68 Å². The van der Waals surface area contributed by atoms with Crippen LogP contribution in [0.1, 0.15) is 12.5 Å².